The molecule has 1 aliphatic carbocycles. The molecule has 4 N–H and O–H groups in total. The van der Waals surface area contributed by atoms with E-state index in [1.54, 1.807) is 12.1 Å². The Hall–Kier alpha value is -1.10. The monoisotopic (exact) mass is 196 g/mol. The lowest BCUT2D eigenvalue weighted by molar-refractivity contribution is -0.0294. The summed E-state index contributed by atoms with van der Waals surface area (Å²) in [6.07, 6.45) is -2.87. The molecular weight excluding hydrogens is 184 g/mol. The van der Waals surface area contributed by atoms with E-state index in [2.05, 4.69) is 0 Å². The summed E-state index contributed by atoms with van der Waals surface area (Å²) in [6.45, 7) is 0. The molecule has 0 bridgehead atoms. The van der Waals surface area contributed by atoms with Crippen LogP contribution in [0.4, 0.5) is 0 Å². The van der Waals surface area contributed by atoms with Crippen molar-refractivity contribution in [1.82, 2.24) is 0 Å². The molecule has 14 heavy (non-hydrogen) atoms. The van der Waals surface area contributed by atoms with Gasteiger partial charge in [0, 0.05) is 12.0 Å². The summed E-state index contributed by atoms with van der Waals surface area (Å²) in [7, 11) is 0. The normalized spacial score (nSPS) is 31.2. The fraction of sp³-hybridized carbons (Fsp3) is 0.400. The van der Waals surface area contributed by atoms with Crippen LogP contribution in [0.1, 0.15) is 29.8 Å². The second-order valence-corrected chi connectivity index (χ2v) is 3.54. The lowest BCUT2D eigenvalue weighted by Gasteiger charge is -2.30. The molecule has 0 heterocycles. The Balaban J connectivity index is 2.55. The van der Waals surface area contributed by atoms with Crippen molar-refractivity contribution in [3.63, 3.8) is 0 Å². The molecule has 1 aromatic rings. The summed E-state index contributed by atoms with van der Waals surface area (Å²) in [4.78, 5) is 0. The molecule has 1 aromatic carbocycles. The third kappa shape index (κ3) is 1.28. The first-order chi connectivity index (χ1) is 6.61. The van der Waals surface area contributed by atoms with Gasteiger partial charge in [-0.3, -0.25) is 0 Å². The van der Waals surface area contributed by atoms with Crippen molar-refractivity contribution in [2.45, 2.75) is 24.7 Å². The SMILES string of the molecule is Oc1cccc2c1C(O)CC(O)C2O. The molecule has 3 unspecified atom stereocenters. The van der Waals surface area contributed by atoms with Crippen LogP contribution in [0.2, 0.25) is 0 Å². The third-order valence-corrected chi connectivity index (χ3v) is 2.60. The zero-order valence-corrected chi connectivity index (χ0v) is 7.46. The van der Waals surface area contributed by atoms with Crippen molar-refractivity contribution in [1.29, 1.82) is 0 Å². The zero-order chi connectivity index (χ0) is 10.3. The Bertz CT molecular complexity index is 350. The van der Waals surface area contributed by atoms with Crippen molar-refractivity contribution in [2.24, 2.45) is 0 Å². The number of aliphatic hydroxyl groups is 3. The van der Waals surface area contributed by atoms with Crippen LogP contribution in [0.3, 0.4) is 0 Å². The van der Waals surface area contributed by atoms with Gasteiger partial charge in [-0.2, -0.15) is 0 Å². The topological polar surface area (TPSA) is 80.9 Å². The van der Waals surface area contributed by atoms with E-state index in [1.807, 2.05) is 0 Å². The molecule has 3 atom stereocenters. The Labute approximate surface area is 81.1 Å². The van der Waals surface area contributed by atoms with Gasteiger partial charge in [0.05, 0.1) is 12.2 Å². The zero-order valence-electron chi connectivity index (χ0n) is 7.46. The number of aliphatic hydroxyl groups excluding tert-OH is 3. The molecule has 0 radical (unpaired) electrons. The van der Waals surface area contributed by atoms with E-state index in [9.17, 15) is 20.4 Å². The van der Waals surface area contributed by atoms with Crippen LogP contribution in [0.5, 0.6) is 5.75 Å². The summed E-state index contributed by atoms with van der Waals surface area (Å²) >= 11 is 0. The van der Waals surface area contributed by atoms with Gasteiger partial charge >= 0.3 is 0 Å². The van der Waals surface area contributed by atoms with Gasteiger partial charge in [-0.1, -0.05) is 12.1 Å². The molecule has 1 aliphatic rings. The highest BCUT2D eigenvalue weighted by atomic mass is 16.3. The molecule has 0 amide bonds. The van der Waals surface area contributed by atoms with E-state index in [4.69, 9.17) is 0 Å². The Kier molecular flexibility index (Phi) is 2.19. The highest BCUT2D eigenvalue weighted by Gasteiger charge is 2.33. The highest BCUT2D eigenvalue weighted by Crippen LogP contribution is 2.40. The molecule has 0 fully saturated rings. The van der Waals surface area contributed by atoms with Crippen LogP contribution in [0.25, 0.3) is 0 Å². The van der Waals surface area contributed by atoms with E-state index in [0.717, 1.165) is 0 Å². The number of fused-ring (bicyclic) bond motifs is 1. The van der Waals surface area contributed by atoms with Crippen molar-refractivity contribution in [3.05, 3.63) is 29.3 Å². The number of rotatable bonds is 0. The molecule has 0 spiro atoms. The van der Waals surface area contributed by atoms with Gasteiger partial charge in [-0.25, -0.2) is 0 Å². The fourth-order valence-corrected chi connectivity index (χ4v) is 1.87. The standard InChI is InChI=1S/C10H12O4/c11-6-3-1-2-5-9(6)7(12)4-8(13)10(5)14/h1-3,7-8,10-14H,4H2. The first kappa shape index (κ1) is 9.45. The molecule has 2 rings (SSSR count). The number of aromatic hydroxyl groups is 1. The minimum Gasteiger partial charge on any atom is -0.508 e. The van der Waals surface area contributed by atoms with Crippen molar-refractivity contribution in [2.75, 3.05) is 0 Å². The summed E-state index contributed by atoms with van der Waals surface area (Å²) in [5.74, 6) is -0.0408. The molecule has 76 valence electrons. The van der Waals surface area contributed by atoms with Crippen molar-refractivity contribution >= 4 is 0 Å². The Morgan fingerprint density at radius 1 is 1.14 bits per heavy atom. The van der Waals surface area contributed by atoms with E-state index < -0.39 is 18.3 Å². The van der Waals surface area contributed by atoms with Crippen LogP contribution >= 0.6 is 0 Å². The molecular formula is C10H12O4. The summed E-state index contributed by atoms with van der Waals surface area (Å²) in [6, 6.07) is 4.61. The van der Waals surface area contributed by atoms with Crippen LogP contribution < -0.4 is 0 Å². The first-order valence-corrected chi connectivity index (χ1v) is 4.47. The maximum Gasteiger partial charge on any atom is 0.121 e. The quantitative estimate of drug-likeness (QED) is 0.478. The number of phenols is 1. The van der Waals surface area contributed by atoms with Gasteiger partial charge in [0.25, 0.3) is 0 Å². The van der Waals surface area contributed by atoms with Gasteiger partial charge in [0.15, 0.2) is 0 Å². The van der Waals surface area contributed by atoms with E-state index in [1.165, 1.54) is 6.07 Å². The predicted molar refractivity (Wildman–Crippen MR) is 48.7 cm³/mol. The number of phenolic OH excluding ortho intramolecular Hbond substituents is 1. The molecule has 0 aromatic heterocycles. The minimum absolute atomic E-state index is 0.0408. The van der Waals surface area contributed by atoms with E-state index in [0.29, 0.717) is 11.1 Å². The smallest absolute Gasteiger partial charge is 0.121 e. The van der Waals surface area contributed by atoms with Gasteiger partial charge < -0.3 is 20.4 Å². The fourth-order valence-electron chi connectivity index (χ4n) is 1.87. The van der Waals surface area contributed by atoms with Crippen molar-refractivity contribution < 1.29 is 20.4 Å². The lowest BCUT2D eigenvalue weighted by Crippen LogP contribution is -2.27. The van der Waals surface area contributed by atoms with Crippen LogP contribution in [0.15, 0.2) is 18.2 Å². The van der Waals surface area contributed by atoms with Gasteiger partial charge in [-0.05, 0) is 11.6 Å². The lowest BCUT2D eigenvalue weighted by atomic mass is 9.85. The summed E-state index contributed by atoms with van der Waals surface area (Å²) in [5, 5.41) is 38.1. The maximum atomic E-state index is 9.60. The second-order valence-electron chi connectivity index (χ2n) is 3.54. The van der Waals surface area contributed by atoms with Crippen molar-refractivity contribution in [3.8, 4) is 5.75 Å². The van der Waals surface area contributed by atoms with Crippen LogP contribution in [-0.2, 0) is 0 Å². The third-order valence-electron chi connectivity index (χ3n) is 2.60. The van der Waals surface area contributed by atoms with Gasteiger partial charge in [-0.15, -0.1) is 0 Å². The number of hydrogen-bond donors (Lipinski definition) is 4. The van der Waals surface area contributed by atoms with Gasteiger partial charge in [0.1, 0.15) is 11.9 Å². The maximum absolute atomic E-state index is 9.60. The van der Waals surface area contributed by atoms with Gasteiger partial charge in [0.2, 0.25) is 0 Å². The minimum atomic E-state index is -1.03. The number of benzene rings is 1. The molecule has 4 nitrogen and oxygen atoms in total. The molecule has 0 aliphatic heterocycles. The first-order valence-electron chi connectivity index (χ1n) is 4.47. The molecule has 0 saturated heterocycles. The average Bonchev–Trinajstić information content (AvgIpc) is 2.14. The molecule has 0 saturated carbocycles. The van der Waals surface area contributed by atoms with Crippen LogP contribution in [-0.4, -0.2) is 26.5 Å². The van der Waals surface area contributed by atoms with E-state index >= 15 is 0 Å². The Morgan fingerprint density at radius 3 is 2.57 bits per heavy atom. The number of hydrogen-bond acceptors (Lipinski definition) is 4. The summed E-state index contributed by atoms with van der Waals surface area (Å²) in [5.41, 5.74) is 0.724. The summed E-state index contributed by atoms with van der Waals surface area (Å²) < 4.78 is 0. The van der Waals surface area contributed by atoms with E-state index in [-0.39, 0.29) is 12.2 Å². The Morgan fingerprint density at radius 2 is 1.86 bits per heavy atom. The average molecular weight is 196 g/mol. The van der Waals surface area contributed by atoms with Crippen LogP contribution in [0, 0.1) is 0 Å². The molecule has 4 heteroatoms. The largest absolute Gasteiger partial charge is 0.508 e. The predicted octanol–water partition coefficient (Wildman–Crippen LogP) is 0.224. The highest BCUT2D eigenvalue weighted by molar-refractivity contribution is 5.44. The second kappa shape index (κ2) is 3.24.